The number of rotatable bonds is 3. The van der Waals surface area contributed by atoms with Crippen LogP contribution in [0.3, 0.4) is 0 Å². The zero-order valence-electron chi connectivity index (χ0n) is 13.3. The highest BCUT2D eigenvalue weighted by Crippen LogP contribution is 2.16. The Bertz CT molecular complexity index is 440. The van der Waals surface area contributed by atoms with E-state index in [4.69, 9.17) is 0 Å². The molecule has 2 saturated heterocycles. The largest absolute Gasteiger partial charge is 0.341 e. The van der Waals surface area contributed by atoms with Crippen LogP contribution in [0.5, 0.6) is 0 Å². The Morgan fingerprint density at radius 2 is 1.76 bits per heavy atom. The molecular weight excluding hydrogens is 262 g/mol. The fraction of sp³-hybridized carbons (Fsp3) is 0.750. The zero-order chi connectivity index (χ0) is 14.7. The molecule has 1 aromatic heterocycles. The fourth-order valence-corrected chi connectivity index (χ4v) is 3.21. The molecule has 3 rings (SSSR count). The van der Waals surface area contributed by atoms with Crippen LogP contribution in [0.4, 0.5) is 5.95 Å². The Balaban J connectivity index is 1.57. The van der Waals surface area contributed by atoms with Gasteiger partial charge in [0, 0.05) is 63.3 Å². The van der Waals surface area contributed by atoms with E-state index >= 15 is 0 Å². The quantitative estimate of drug-likeness (QED) is 0.844. The summed E-state index contributed by atoms with van der Waals surface area (Å²) in [5.41, 5.74) is 1.23. The highest BCUT2D eigenvalue weighted by Gasteiger charge is 2.20. The van der Waals surface area contributed by atoms with Crippen molar-refractivity contribution in [3.63, 3.8) is 0 Å². The van der Waals surface area contributed by atoms with Gasteiger partial charge in [-0.2, -0.15) is 0 Å². The van der Waals surface area contributed by atoms with E-state index in [1.54, 1.807) is 0 Å². The third-order valence-corrected chi connectivity index (χ3v) is 4.78. The average molecular weight is 289 g/mol. The Morgan fingerprint density at radius 3 is 2.43 bits per heavy atom. The highest BCUT2D eigenvalue weighted by atomic mass is 15.3. The Kier molecular flexibility index (Phi) is 4.70. The van der Waals surface area contributed by atoms with Gasteiger partial charge in [0.05, 0.1) is 0 Å². The van der Waals surface area contributed by atoms with Gasteiger partial charge in [-0.3, -0.25) is 4.90 Å². The molecule has 0 aromatic carbocycles. The topological polar surface area (TPSA) is 35.5 Å². The van der Waals surface area contributed by atoms with Crippen LogP contribution in [0.25, 0.3) is 0 Å². The SMILES string of the molecule is CC1CN(Cc2cnc(N3CCCCC3)nc2)CCN1C. The minimum Gasteiger partial charge on any atom is -0.341 e. The maximum Gasteiger partial charge on any atom is 0.225 e. The maximum absolute atomic E-state index is 4.58. The predicted octanol–water partition coefficient (Wildman–Crippen LogP) is 1.60. The van der Waals surface area contributed by atoms with Crippen LogP contribution < -0.4 is 4.90 Å². The van der Waals surface area contributed by atoms with Crippen molar-refractivity contribution in [2.75, 3.05) is 44.7 Å². The third-order valence-electron chi connectivity index (χ3n) is 4.78. The summed E-state index contributed by atoms with van der Waals surface area (Å²) in [4.78, 5) is 16.4. The number of aromatic nitrogens is 2. The van der Waals surface area contributed by atoms with E-state index in [1.165, 1.54) is 24.8 Å². The van der Waals surface area contributed by atoms with Crippen molar-refractivity contribution in [1.82, 2.24) is 19.8 Å². The second-order valence-corrected chi connectivity index (χ2v) is 6.50. The minimum absolute atomic E-state index is 0.632. The van der Waals surface area contributed by atoms with E-state index in [0.29, 0.717) is 6.04 Å². The molecule has 3 heterocycles. The molecule has 0 saturated carbocycles. The first-order chi connectivity index (χ1) is 10.2. The van der Waals surface area contributed by atoms with E-state index in [0.717, 1.165) is 45.2 Å². The number of nitrogens with zero attached hydrogens (tertiary/aromatic N) is 5. The predicted molar refractivity (Wildman–Crippen MR) is 85.5 cm³/mol. The molecule has 1 aromatic rings. The average Bonchev–Trinajstić information content (AvgIpc) is 2.53. The van der Waals surface area contributed by atoms with Crippen molar-refractivity contribution >= 4 is 5.95 Å². The molecule has 2 fully saturated rings. The normalized spacial score (nSPS) is 25.2. The molecule has 2 aliphatic rings. The molecule has 0 aliphatic carbocycles. The number of hydrogen-bond acceptors (Lipinski definition) is 5. The van der Waals surface area contributed by atoms with Crippen molar-refractivity contribution in [2.24, 2.45) is 0 Å². The summed E-state index contributed by atoms with van der Waals surface area (Å²) >= 11 is 0. The molecule has 0 spiro atoms. The van der Waals surface area contributed by atoms with E-state index in [2.05, 4.69) is 38.6 Å². The van der Waals surface area contributed by atoms with Crippen LogP contribution in [-0.4, -0.2) is 65.6 Å². The molecule has 0 radical (unpaired) electrons. The molecule has 116 valence electrons. The van der Waals surface area contributed by atoms with Crippen molar-refractivity contribution in [3.8, 4) is 0 Å². The molecule has 1 atom stereocenters. The molecule has 1 unspecified atom stereocenters. The second-order valence-electron chi connectivity index (χ2n) is 6.50. The molecule has 0 bridgehead atoms. The molecule has 5 nitrogen and oxygen atoms in total. The van der Waals surface area contributed by atoms with Crippen LogP contribution in [0.2, 0.25) is 0 Å². The van der Waals surface area contributed by atoms with Gasteiger partial charge in [-0.1, -0.05) is 0 Å². The molecule has 5 heteroatoms. The third kappa shape index (κ3) is 3.71. The van der Waals surface area contributed by atoms with Gasteiger partial charge in [0.25, 0.3) is 0 Å². The standard InChI is InChI=1S/C16H27N5/c1-14-12-20(9-8-19(14)2)13-15-10-17-16(18-11-15)21-6-4-3-5-7-21/h10-11,14H,3-9,12-13H2,1-2H3. The van der Waals surface area contributed by atoms with Crippen LogP contribution in [0, 0.1) is 0 Å². The summed E-state index contributed by atoms with van der Waals surface area (Å²) in [6.45, 7) is 8.89. The van der Waals surface area contributed by atoms with Crippen molar-refractivity contribution in [2.45, 2.75) is 38.8 Å². The van der Waals surface area contributed by atoms with Gasteiger partial charge in [0.1, 0.15) is 0 Å². The van der Waals surface area contributed by atoms with Crippen LogP contribution in [0.15, 0.2) is 12.4 Å². The molecule has 0 N–H and O–H groups in total. The summed E-state index contributed by atoms with van der Waals surface area (Å²) in [6, 6.07) is 0.632. The van der Waals surface area contributed by atoms with Crippen LogP contribution in [-0.2, 0) is 6.54 Å². The van der Waals surface area contributed by atoms with Gasteiger partial charge < -0.3 is 9.80 Å². The highest BCUT2D eigenvalue weighted by molar-refractivity contribution is 5.30. The summed E-state index contributed by atoms with van der Waals surface area (Å²) in [5.74, 6) is 0.908. The lowest BCUT2D eigenvalue weighted by Crippen LogP contribution is -2.49. The summed E-state index contributed by atoms with van der Waals surface area (Å²) in [7, 11) is 2.21. The second kappa shape index (κ2) is 6.71. The molecule has 21 heavy (non-hydrogen) atoms. The number of piperidine rings is 1. The number of anilines is 1. The molecule has 0 amide bonds. The summed E-state index contributed by atoms with van der Waals surface area (Å²) in [5, 5.41) is 0. The monoisotopic (exact) mass is 289 g/mol. The minimum atomic E-state index is 0.632. The Morgan fingerprint density at radius 1 is 1.05 bits per heavy atom. The number of likely N-dealkylation sites (N-methyl/N-ethyl adjacent to an activating group) is 1. The van der Waals surface area contributed by atoms with Gasteiger partial charge in [-0.05, 0) is 33.2 Å². The van der Waals surface area contributed by atoms with Gasteiger partial charge in [0.2, 0.25) is 5.95 Å². The van der Waals surface area contributed by atoms with Gasteiger partial charge in [0.15, 0.2) is 0 Å². The van der Waals surface area contributed by atoms with Crippen molar-refractivity contribution in [3.05, 3.63) is 18.0 Å². The smallest absolute Gasteiger partial charge is 0.225 e. The fourth-order valence-electron chi connectivity index (χ4n) is 3.21. The van der Waals surface area contributed by atoms with Crippen molar-refractivity contribution in [1.29, 1.82) is 0 Å². The van der Waals surface area contributed by atoms with E-state index in [1.807, 2.05) is 12.4 Å². The summed E-state index contributed by atoms with van der Waals surface area (Å²) < 4.78 is 0. The zero-order valence-corrected chi connectivity index (χ0v) is 13.3. The van der Waals surface area contributed by atoms with Gasteiger partial charge in [-0.25, -0.2) is 9.97 Å². The van der Waals surface area contributed by atoms with Crippen LogP contribution in [0.1, 0.15) is 31.7 Å². The lowest BCUT2D eigenvalue weighted by Gasteiger charge is -2.37. The van der Waals surface area contributed by atoms with Gasteiger partial charge >= 0.3 is 0 Å². The van der Waals surface area contributed by atoms with Crippen LogP contribution >= 0.6 is 0 Å². The molecule has 2 aliphatic heterocycles. The van der Waals surface area contributed by atoms with E-state index in [9.17, 15) is 0 Å². The first-order valence-electron chi connectivity index (χ1n) is 8.21. The lowest BCUT2D eigenvalue weighted by molar-refractivity contribution is 0.0998. The Hall–Kier alpha value is -1.20. The summed E-state index contributed by atoms with van der Waals surface area (Å²) in [6.07, 6.45) is 7.91. The number of hydrogen-bond donors (Lipinski definition) is 0. The van der Waals surface area contributed by atoms with E-state index in [-0.39, 0.29) is 0 Å². The maximum atomic E-state index is 4.58. The Labute approximate surface area is 128 Å². The molecular formula is C16H27N5. The van der Waals surface area contributed by atoms with Crippen molar-refractivity contribution < 1.29 is 0 Å². The lowest BCUT2D eigenvalue weighted by atomic mass is 10.1. The van der Waals surface area contributed by atoms with Gasteiger partial charge in [-0.15, -0.1) is 0 Å². The van der Waals surface area contributed by atoms with E-state index < -0.39 is 0 Å². The first kappa shape index (κ1) is 14.7. The number of piperazine rings is 1. The first-order valence-corrected chi connectivity index (χ1v) is 8.21.